The lowest BCUT2D eigenvalue weighted by Gasteiger charge is -2.27. The maximum atomic E-state index is 12.8. The zero-order chi connectivity index (χ0) is 20.5. The lowest BCUT2D eigenvalue weighted by Crippen LogP contribution is -2.30. The molecule has 150 valence electrons. The third-order valence-electron chi connectivity index (χ3n) is 4.59. The highest BCUT2D eigenvalue weighted by Crippen LogP contribution is 2.49. The van der Waals surface area contributed by atoms with Gasteiger partial charge in [-0.15, -0.1) is 11.8 Å². The summed E-state index contributed by atoms with van der Waals surface area (Å²) < 4.78 is 49.3. The SMILES string of the molecule is COc1cccc(OC)c1C1SC(C)C(=O)N1Cc1ccc(C(F)(F)F)cc1. The second-order valence-corrected chi connectivity index (χ2v) is 7.79. The lowest BCUT2D eigenvalue weighted by atomic mass is 10.1. The zero-order valence-electron chi connectivity index (χ0n) is 15.6. The Morgan fingerprint density at radius 1 is 1.04 bits per heavy atom. The molecule has 1 aliphatic heterocycles. The van der Waals surface area contributed by atoms with Gasteiger partial charge in [-0.05, 0) is 36.8 Å². The molecule has 0 bridgehead atoms. The van der Waals surface area contributed by atoms with Crippen molar-refractivity contribution < 1.29 is 27.4 Å². The summed E-state index contributed by atoms with van der Waals surface area (Å²) in [7, 11) is 3.09. The Labute approximate surface area is 165 Å². The maximum Gasteiger partial charge on any atom is 0.416 e. The van der Waals surface area contributed by atoms with E-state index in [0.717, 1.165) is 17.7 Å². The molecule has 0 aliphatic carbocycles. The fourth-order valence-corrected chi connectivity index (χ4v) is 4.51. The van der Waals surface area contributed by atoms with Crippen molar-refractivity contribution in [3.05, 3.63) is 59.2 Å². The Morgan fingerprint density at radius 2 is 1.61 bits per heavy atom. The van der Waals surface area contributed by atoms with E-state index in [0.29, 0.717) is 17.1 Å². The van der Waals surface area contributed by atoms with Gasteiger partial charge in [0.1, 0.15) is 16.9 Å². The summed E-state index contributed by atoms with van der Waals surface area (Å²) in [5, 5.41) is -0.648. The molecule has 2 aromatic carbocycles. The Morgan fingerprint density at radius 3 is 2.11 bits per heavy atom. The number of amides is 1. The molecule has 2 unspecified atom stereocenters. The Bertz CT molecular complexity index is 833. The van der Waals surface area contributed by atoms with Crippen molar-refractivity contribution in [2.24, 2.45) is 0 Å². The van der Waals surface area contributed by atoms with Crippen LogP contribution >= 0.6 is 11.8 Å². The number of ether oxygens (including phenoxy) is 2. The number of hydrogen-bond donors (Lipinski definition) is 0. The number of benzene rings is 2. The van der Waals surface area contributed by atoms with Crippen LogP contribution < -0.4 is 9.47 Å². The summed E-state index contributed by atoms with van der Waals surface area (Å²) in [5.41, 5.74) is 0.645. The van der Waals surface area contributed by atoms with Crippen molar-refractivity contribution in [1.29, 1.82) is 0 Å². The van der Waals surface area contributed by atoms with E-state index >= 15 is 0 Å². The summed E-state index contributed by atoms with van der Waals surface area (Å²) in [4.78, 5) is 14.4. The number of carbonyl (C=O) groups is 1. The molecule has 0 radical (unpaired) electrons. The number of carbonyl (C=O) groups excluding carboxylic acids is 1. The summed E-state index contributed by atoms with van der Waals surface area (Å²) >= 11 is 1.46. The number of alkyl halides is 3. The third-order valence-corrected chi connectivity index (χ3v) is 5.95. The molecule has 1 amide bonds. The van der Waals surface area contributed by atoms with Gasteiger partial charge in [-0.25, -0.2) is 0 Å². The number of hydrogen-bond acceptors (Lipinski definition) is 4. The fourth-order valence-electron chi connectivity index (χ4n) is 3.18. The summed E-state index contributed by atoms with van der Waals surface area (Å²) in [5.74, 6) is 1.11. The summed E-state index contributed by atoms with van der Waals surface area (Å²) in [6.45, 7) is 2.01. The molecule has 4 nitrogen and oxygen atoms in total. The molecule has 0 aromatic heterocycles. The molecule has 8 heteroatoms. The van der Waals surface area contributed by atoms with Crippen LogP contribution in [0, 0.1) is 0 Å². The molecule has 1 fully saturated rings. The third kappa shape index (κ3) is 3.92. The smallest absolute Gasteiger partial charge is 0.416 e. The molecule has 0 saturated carbocycles. The van der Waals surface area contributed by atoms with Crippen molar-refractivity contribution in [3.8, 4) is 11.5 Å². The highest BCUT2D eigenvalue weighted by atomic mass is 32.2. The van der Waals surface area contributed by atoms with Gasteiger partial charge in [0.25, 0.3) is 0 Å². The largest absolute Gasteiger partial charge is 0.496 e. The molecule has 0 spiro atoms. The van der Waals surface area contributed by atoms with Crippen LogP contribution in [0.15, 0.2) is 42.5 Å². The van der Waals surface area contributed by atoms with Crippen LogP contribution in [0.4, 0.5) is 13.2 Å². The molecule has 0 N–H and O–H groups in total. The van der Waals surface area contributed by atoms with Gasteiger partial charge in [-0.1, -0.05) is 18.2 Å². The number of nitrogens with zero attached hydrogens (tertiary/aromatic N) is 1. The Kier molecular flexibility index (Phi) is 5.79. The molecule has 3 rings (SSSR count). The average Bonchev–Trinajstić information content (AvgIpc) is 2.95. The zero-order valence-corrected chi connectivity index (χ0v) is 16.4. The second kappa shape index (κ2) is 7.95. The van der Waals surface area contributed by atoms with Crippen molar-refractivity contribution in [2.75, 3.05) is 14.2 Å². The van der Waals surface area contributed by atoms with Gasteiger partial charge in [-0.2, -0.15) is 13.2 Å². The van der Waals surface area contributed by atoms with E-state index in [1.807, 2.05) is 6.92 Å². The quantitative estimate of drug-likeness (QED) is 0.703. The van der Waals surface area contributed by atoms with Crippen LogP contribution in [0.3, 0.4) is 0 Å². The van der Waals surface area contributed by atoms with E-state index in [4.69, 9.17) is 9.47 Å². The van der Waals surface area contributed by atoms with Gasteiger partial charge in [0.15, 0.2) is 0 Å². The van der Waals surface area contributed by atoms with Crippen LogP contribution in [0.5, 0.6) is 11.5 Å². The molecule has 1 saturated heterocycles. The molecular formula is C20H20F3NO3S. The minimum atomic E-state index is -4.39. The highest BCUT2D eigenvalue weighted by molar-refractivity contribution is 8.01. The topological polar surface area (TPSA) is 38.8 Å². The predicted octanol–water partition coefficient (Wildman–Crippen LogP) is 4.89. The molecule has 2 aromatic rings. The maximum absolute atomic E-state index is 12.8. The first-order valence-corrected chi connectivity index (χ1v) is 9.53. The van der Waals surface area contributed by atoms with Gasteiger partial charge in [0.05, 0.1) is 30.6 Å². The number of methoxy groups -OCH3 is 2. The van der Waals surface area contributed by atoms with Crippen LogP contribution in [0.1, 0.15) is 29.0 Å². The molecular weight excluding hydrogens is 391 g/mol. The van der Waals surface area contributed by atoms with Crippen LogP contribution in [-0.4, -0.2) is 30.3 Å². The number of halogens is 3. The first kappa shape index (κ1) is 20.4. The van der Waals surface area contributed by atoms with Gasteiger partial charge in [0.2, 0.25) is 5.91 Å². The second-order valence-electron chi connectivity index (χ2n) is 6.37. The van der Waals surface area contributed by atoms with Crippen molar-refractivity contribution >= 4 is 17.7 Å². The summed E-state index contributed by atoms with van der Waals surface area (Å²) in [6, 6.07) is 10.3. The fraction of sp³-hybridized carbons (Fsp3) is 0.350. The molecule has 2 atom stereocenters. The van der Waals surface area contributed by atoms with E-state index in [9.17, 15) is 18.0 Å². The van der Waals surface area contributed by atoms with Crippen LogP contribution in [-0.2, 0) is 17.5 Å². The number of thioether (sulfide) groups is 1. The van der Waals surface area contributed by atoms with Crippen molar-refractivity contribution in [1.82, 2.24) is 4.90 Å². The van der Waals surface area contributed by atoms with E-state index in [-0.39, 0.29) is 23.1 Å². The van der Waals surface area contributed by atoms with Crippen LogP contribution in [0.2, 0.25) is 0 Å². The standard InChI is InChI=1S/C20H20F3NO3S/c1-12-18(25)24(11-13-7-9-14(10-8-13)20(21,22)23)19(28-12)17-15(26-2)5-4-6-16(17)27-3/h4-10,12,19H,11H2,1-3H3. The number of rotatable bonds is 5. The van der Waals surface area contributed by atoms with Gasteiger partial charge in [-0.3, -0.25) is 4.79 Å². The monoisotopic (exact) mass is 411 g/mol. The first-order valence-electron chi connectivity index (χ1n) is 8.59. The van der Waals surface area contributed by atoms with Gasteiger partial charge < -0.3 is 14.4 Å². The Hall–Kier alpha value is -2.35. The molecule has 28 heavy (non-hydrogen) atoms. The normalized spacial score (nSPS) is 19.8. The van der Waals surface area contributed by atoms with Gasteiger partial charge in [0, 0.05) is 6.54 Å². The average molecular weight is 411 g/mol. The highest BCUT2D eigenvalue weighted by Gasteiger charge is 2.41. The van der Waals surface area contributed by atoms with Gasteiger partial charge >= 0.3 is 6.18 Å². The molecule has 1 heterocycles. The first-order chi connectivity index (χ1) is 13.3. The van der Waals surface area contributed by atoms with Crippen molar-refractivity contribution in [2.45, 2.75) is 30.3 Å². The minimum absolute atomic E-state index is 0.0807. The Balaban J connectivity index is 1.94. The molecule has 1 aliphatic rings. The lowest BCUT2D eigenvalue weighted by molar-refractivity contribution is -0.137. The summed E-state index contributed by atoms with van der Waals surface area (Å²) in [6.07, 6.45) is -4.39. The minimum Gasteiger partial charge on any atom is -0.496 e. The van der Waals surface area contributed by atoms with Crippen molar-refractivity contribution in [3.63, 3.8) is 0 Å². The van der Waals surface area contributed by atoms with E-state index < -0.39 is 11.7 Å². The predicted molar refractivity (Wildman–Crippen MR) is 101 cm³/mol. The van der Waals surface area contributed by atoms with E-state index in [2.05, 4.69) is 0 Å². The van der Waals surface area contributed by atoms with E-state index in [1.54, 1.807) is 37.3 Å². The van der Waals surface area contributed by atoms with E-state index in [1.165, 1.54) is 23.9 Å². The van der Waals surface area contributed by atoms with Crippen LogP contribution in [0.25, 0.3) is 0 Å².